The summed E-state index contributed by atoms with van der Waals surface area (Å²) in [5.74, 6) is 0. The van der Waals surface area contributed by atoms with Crippen LogP contribution in [0.2, 0.25) is 0 Å². The van der Waals surface area contributed by atoms with Gasteiger partial charge in [0.1, 0.15) is 0 Å². The van der Waals surface area contributed by atoms with E-state index < -0.39 is 0 Å². The maximum atomic E-state index is 5.13. The van der Waals surface area contributed by atoms with Crippen LogP contribution in [0.5, 0.6) is 0 Å². The van der Waals surface area contributed by atoms with Crippen molar-refractivity contribution in [3.05, 3.63) is 0 Å². The summed E-state index contributed by atoms with van der Waals surface area (Å²) < 4.78 is 5.13. The summed E-state index contributed by atoms with van der Waals surface area (Å²) in [6.07, 6.45) is 3.97. The zero-order chi connectivity index (χ0) is 10.6. The first-order valence-corrected chi connectivity index (χ1v) is 5.68. The summed E-state index contributed by atoms with van der Waals surface area (Å²) in [6, 6.07) is 1.71. The molecule has 3 nitrogen and oxygen atoms in total. The molecule has 0 saturated carbocycles. The van der Waals surface area contributed by atoms with Crippen LogP contribution < -0.4 is 5.43 Å². The highest BCUT2D eigenvalue weighted by molar-refractivity contribution is 4.77. The van der Waals surface area contributed by atoms with E-state index in [0.717, 1.165) is 6.61 Å². The molecule has 0 radical (unpaired) electrons. The van der Waals surface area contributed by atoms with E-state index in [1.807, 2.05) is 0 Å². The normalized spacial score (nSPS) is 31.7. The molecule has 0 amide bonds. The van der Waals surface area contributed by atoms with Gasteiger partial charge in [0.2, 0.25) is 0 Å². The van der Waals surface area contributed by atoms with Gasteiger partial charge in [0.25, 0.3) is 0 Å². The van der Waals surface area contributed by atoms with Gasteiger partial charge in [-0.2, -0.15) is 0 Å². The summed E-state index contributed by atoms with van der Waals surface area (Å²) in [4.78, 5) is 0. The van der Waals surface area contributed by atoms with Gasteiger partial charge in [-0.1, -0.05) is 6.42 Å². The van der Waals surface area contributed by atoms with Crippen LogP contribution in [0.25, 0.3) is 0 Å². The Kier molecular flexibility index (Phi) is 4.85. The van der Waals surface area contributed by atoms with E-state index in [1.54, 1.807) is 7.11 Å². The van der Waals surface area contributed by atoms with Crippen LogP contribution in [0.15, 0.2) is 0 Å². The number of nitrogens with zero attached hydrogens (tertiary/aromatic N) is 1. The third-order valence-electron chi connectivity index (χ3n) is 2.98. The minimum atomic E-state index is 0.406. The molecular weight excluding hydrogens is 176 g/mol. The molecular formula is C11H24N2O. The third-order valence-corrected chi connectivity index (χ3v) is 2.98. The lowest BCUT2D eigenvalue weighted by molar-refractivity contribution is 0.0167. The van der Waals surface area contributed by atoms with Crippen LogP contribution in [0, 0.1) is 0 Å². The number of nitrogens with one attached hydrogen (secondary N) is 1. The Labute approximate surface area is 87.8 Å². The molecule has 84 valence electrons. The highest BCUT2D eigenvalue weighted by Crippen LogP contribution is 2.20. The lowest BCUT2D eigenvalue weighted by atomic mass is 10.00. The van der Waals surface area contributed by atoms with Crippen LogP contribution in [0.1, 0.15) is 40.0 Å². The van der Waals surface area contributed by atoms with Crippen LogP contribution in [0.3, 0.4) is 0 Å². The van der Waals surface area contributed by atoms with Gasteiger partial charge in [-0.15, -0.1) is 0 Å². The van der Waals surface area contributed by atoms with Crippen molar-refractivity contribution >= 4 is 0 Å². The molecule has 0 aromatic rings. The Morgan fingerprint density at radius 3 is 2.43 bits per heavy atom. The van der Waals surface area contributed by atoms with Gasteiger partial charge < -0.3 is 4.74 Å². The number of ether oxygens (including phenoxy) is 1. The van der Waals surface area contributed by atoms with Gasteiger partial charge in [0.15, 0.2) is 0 Å². The number of hydrazine groups is 1. The van der Waals surface area contributed by atoms with E-state index in [4.69, 9.17) is 4.74 Å². The fraction of sp³-hybridized carbons (Fsp3) is 1.00. The molecule has 0 aromatic heterocycles. The predicted molar refractivity (Wildman–Crippen MR) is 59.1 cm³/mol. The van der Waals surface area contributed by atoms with Crippen molar-refractivity contribution in [2.24, 2.45) is 0 Å². The maximum absolute atomic E-state index is 5.13. The van der Waals surface area contributed by atoms with Crippen molar-refractivity contribution in [3.8, 4) is 0 Å². The molecule has 3 atom stereocenters. The van der Waals surface area contributed by atoms with E-state index in [0.29, 0.717) is 18.1 Å². The van der Waals surface area contributed by atoms with Crippen LogP contribution >= 0.6 is 0 Å². The second-order valence-electron chi connectivity index (χ2n) is 4.52. The maximum Gasteiger partial charge on any atom is 0.0626 e. The molecule has 0 aromatic carbocycles. The first-order valence-electron chi connectivity index (χ1n) is 5.68. The van der Waals surface area contributed by atoms with Gasteiger partial charge in [-0.25, -0.2) is 10.4 Å². The molecule has 0 spiro atoms. The van der Waals surface area contributed by atoms with E-state index in [1.165, 1.54) is 19.3 Å². The van der Waals surface area contributed by atoms with Crippen molar-refractivity contribution in [1.29, 1.82) is 0 Å². The number of piperidine rings is 1. The lowest BCUT2D eigenvalue weighted by Crippen LogP contribution is -2.55. The summed E-state index contributed by atoms with van der Waals surface area (Å²) in [7, 11) is 1.75. The Morgan fingerprint density at radius 2 is 1.93 bits per heavy atom. The first kappa shape index (κ1) is 12.0. The minimum absolute atomic E-state index is 0.406. The van der Waals surface area contributed by atoms with E-state index in [-0.39, 0.29) is 0 Å². The summed E-state index contributed by atoms with van der Waals surface area (Å²) >= 11 is 0. The molecule has 14 heavy (non-hydrogen) atoms. The molecule has 1 aliphatic rings. The van der Waals surface area contributed by atoms with Crippen molar-refractivity contribution in [3.63, 3.8) is 0 Å². The van der Waals surface area contributed by atoms with E-state index >= 15 is 0 Å². The van der Waals surface area contributed by atoms with Gasteiger partial charge >= 0.3 is 0 Å². The monoisotopic (exact) mass is 200 g/mol. The van der Waals surface area contributed by atoms with Crippen LogP contribution in [0.4, 0.5) is 0 Å². The molecule has 1 fully saturated rings. The molecule has 1 saturated heterocycles. The molecule has 3 heteroatoms. The third kappa shape index (κ3) is 3.23. The number of hydrogen-bond donors (Lipinski definition) is 1. The summed E-state index contributed by atoms with van der Waals surface area (Å²) in [6.45, 7) is 7.53. The summed E-state index contributed by atoms with van der Waals surface area (Å²) in [5.41, 5.74) is 3.53. The van der Waals surface area contributed by atoms with E-state index in [2.05, 4.69) is 31.2 Å². The van der Waals surface area contributed by atoms with E-state index in [9.17, 15) is 0 Å². The Hall–Kier alpha value is -0.120. The van der Waals surface area contributed by atoms with Crippen molar-refractivity contribution < 1.29 is 4.74 Å². The highest BCUT2D eigenvalue weighted by Gasteiger charge is 2.25. The summed E-state index contributed by atoms with van der Waals surface area (Å²) in [5, 5.41) is 2.40. The largest absolute Gasteiger partial charge is 0.383 e. The molecule has 0 aliphatic carbocycles. The SMILES string of the molecule is COCC(C)NN1C(C)CCCC1C. The fourth-order valence-corrected chi connectivity index (χ4v) is 2.22. The Morgan fingerprint density at radius 1 is 1.36 bits per heavy atom. The topological polar surface area (TPSA) is 24.5 Å². The number of rotatable bonds is 4. The molecule has 1 rings (SSSR count). The molecule has 1 N–H and O–H groups in total. The average Bonchev–Trinajstić information content (AvgIpc) is 2.12. The molecule has 1 heterocycles. The standard InChI is InChI=1S/C11H24N2O/c1-9(8-14-4)12-13-10(2)6-5-7-11(13)3/h9-12H,5-8H2,1-4H3. The van der Waals surface area contributed by atoms with Gasteiger partial charge in [-0.3, -0.25) is 0 Å². The first-order chi connectivity index (χ1) is 6.65. The van der Waals surface area contributed by atoms with Crippen molar-refractivity contribution in [1.82, 2.24) is 10.4 Å². The van der Waals surface area contributed by atoms with Crippen LogP contribution in [-0.4, -0.2) is 36.9 Å². The highest BCUT2D eigenvalue weighted by atomic mass is 16.5. The second-order valence-corrected chi connectivity index (χ2v) is 4.52. The number of hydrogen-bond acceptors (Lipinski definition) is 3. The molecule has 1 aliphatic heterocycles. The second kappa shape index (κ2) is 5.69. The Bertz CT molecular complexity index is 153. The van der Waals surface area contributed by atoms with Gasteiger partial charge in [0.05, 0.1) is 6.61 Å². The zero-order valence-electron chi connectivity index (χ0n) is 9.92. The number of methoxy groups -OCH3 is 1. The minimum Gasteiger partial charge on any atom is -0.383 e. The smallest absolute Gasteiger partial charge is 0.0626 e. The average molecular weight is 200 g/mol. The van der Waals surface area contributed by atoms with Crippen LogP contribution in [-0.2, 0) is 4.74 Å². The predicted octanol–water partition coefficient (Wildman–Crippen LogP) is 1.79. The van der Waals surface area contributed by atoms with Gasteiger partial charge in [-0.05, 0) is 33.6 Å². The molecule has 3 unspecified atom stereocenters. The Balaban J connectivity index is 2.39. The molecule has 0 bridgehead atoms. The van der Waals surface area contributed by atoms with Crippen molar-refractivity contribution in [2.75, 3.05) is 13.7 Å². The quantitative estimate of drug-likeness (QED) is 0.749. The van der Waals surface area contributed by atoms with Crippen molar-refractivity contribution in [2.45, 2.75) is 58.2 Å². The fourth-order valence-electron chi connectivity index (χ4n) is 2.22. The van der Waals surface area contributed by atoms with Gasteiger partial charge in [0, 0.05) is 25.2 Å². The lowest BCUT2D eigenvalue weighted by Gasteiger charge is -2.40. The zero-order valence-corrected chi connectivity index (χ0v) is 9.92.